The number of aliphatic imine (C=N–C) groups is 1. The number of hydrogen-bond donors (Lipinski definition) is 2. The molecular weight excluding hydrogens is 330 g/mol. The molecule has 0 aliphatic heterocycles. The van der Waals surface area contributed by atoms with Crippen molar-refractivity contribution in [3.8, 4) is 5.75 Å². The first-order valence-corrected chi connectivity index (χ1v) is 9.53. The number of hydrogen-bond acceptors (Lipinski definition) is 4. The zero-order valence-electron chi connectivity index (χ0n) is 16.3. The maximum absolute atomic E-state index is 10.0. The highest BCUT2D eigenvalue weighted by atomic mass is 16.5. The van der Waals surface area contributed by atoms with Gasteiger partial charge in [0.2, 0.25) is 0 Å². The van der Waals surface area contributed by atoms with Crippen LogP contribution in [-0.2, 0) is 4.74 Å². The zero-order valence-corrected chi connectivity index (χ0v) is 16.3. The predicted octanol–water partition coefficient (Wildman–Crippen LogP) is 2.06. The summed E-state index contributed by atoms with van der Waals surface area (Å²) in [7, 11) is 1.97. The minimum absolute atomic E-state index is 0.330. The Morgan fingerprint density at radius 1 is 1.35 bits per heavy atom. The van der Waals surface area contributed by atoms with E-state index in [4.69, 9.17) is 9.47 Å². The third kappa shape index (κ3) is 8.06. The van der Waals surface area contributed by atoms with E-state index in [2.05, 4.69) is 17.2 Å². The Hall–Kier alpha value is -1.79. The average molecular weight is 364 g/mol. The molecule has 0 bridgehead atoms. The summed E-state index contributed by atoms with van der Waals surface area (Å²) in [5.74, 6) is 2.35. The number of aliphatic hydroxyl groups excluding tert-OH is 1. The molecule has 2 N–H and O–H groups in total. The molecular formula is C20H33N3O3. The van der Waals surface area contributed by atoms with Gasteiger partial charge in [-0.05, 0) is 44.7 Å². The van der Waals surface area contributed by atoms with Crippen LogP contribution in [0.4, 0.5) is 0 Å². The van der Waals surface area contributed by atoms with E-state index in [0.717, 1.165) is 24.9 Å². The van der Waals surface area contributed by atoms with Crippen molar-refractivity contribution in [1.82, 2.24) is 10.2 Å². The molecule has 0 heterocycles. The quantitative estimate of drug-likeness (QED) is 0.465. The fraction of sp³-hybridized carbons (Fsp3) is 0.650. The molecule has 1 atom stereocenters. The second-order valence-electron chi connectivity index (χ2n) is 6.91. The summed E-state index contributed by atoms with van der Waals surface area (Å²) >= 11 is 0. The minimum atomic E-state index is -0.570. The van der Waals surface area contributed by atoms with Gasteiger partial charge in [-0.25, -0.2) is 0 Å². The molecule has 0 saturated heterocycles. The van der Waals surface area contributed by atoms with Crippen molar-refractivity contribution in [2.45, 2.75) is 32.8 Å². The first kappa shape index (κ1) is 20.5. The van der Waals surface area contributed by atoms with Crippen LogP contribution < -0.4 is 10.1 Å². The van der Waals surface area contributed by atoms with Gasteiger partial charge < -0.3 is 24.8 Å². The highest BCUT2D eigenvalue weighted by Crippen LogP contribution is 2.28. The SMILES string of the molecule is CCNC(=NCC(O)COCC1CC1)N(C)CCOc1ccc(C)cc1. The number of likely N-dealkylation sites (N-methyl/N-ethyl adjacent to an activating group) is 1. The van der Waals surface area contributed by atoms with Gasteiger partial charge in [-0.15, -0.1) is 0 Å². The van der Waals surface area contributed by atoms with E-state index in [0.29, 0.717) is 32.2 Å². The van der Waals surface area contributed by atoms with Gasteiger partial charge in [-0.1, -0.05) is 17.7 Å². The monoisotopic (exact) mass is 363 g/mol. The van der Waals surface area contributed by atoms with Crippen LogP contribution in [0.25, 0.3) is 0 Å². The summed E-state index contributed by atoms with van der Waals surface area (Å²) < 4.78 is 11.3. The van der Waals surface area contributed by atoms with Crippen LogP contribution in [0.3, 0.4) is 0 Å². The molecule has 1 unspecified atom stereocenters. The van der Waals surface area contributed by atoms with E-state index in [9.17, 15) is 5.11 Å². The van der Waals surface area contributed by atoms with Crippen molar-refractivity contribution in [3.63, 3.8) is 0 Å². The van der Waals surface area contributed by atoms with E-state index in [1.165, 1.54) is 18.4 Å². The second kappa shape index (κ2) is 11.0. The molecule has 0 radical (unpaired) electrons. The lowest BCUT2D eigenvalue weighted by molar-refractivity contribution is 0.0367. The Morgan fingerprint density at radius 2 is 2.08 bits per heavy atom. The van der Waals surface area contributed by atoms with Gasteiger partial charge in [0, 0.05) is 20.2 Å². The van der Waals surface area contributed by atoms with Crippen LogP contribution in [0.1, 0.15) is 25.3 Å². The van der Waals surface area contributed by atoms with Gasteiger partial charge in [0.25, 0.3) is 0 Å². The smallest absolute Gasteiger partial charge is 0.193 e. The Balaban J connectivity index is 1.71. The number of aliphatic hydroxyl groups is 1. The van der Waals surface area contributed by atoms with E-state index >= 15 is 0 Å². The lowest BCUT2D eigenvalue weighted by Crippen LogP contribution is -2.41. The van der Waals surface area contributed by atoms with Gasteiger partial charge in [-0.3, -0.25) is 4.99 Å². The Kier molecular flexibility index (Phi) is 8.71. The minimum Gasteiger partial charge on any atom is -0.492 e. The number of benzene rings is 1. The molecule has 146 valence electrons. The van der Waals surface area contributed by atoms with Crippen molar-refractivity contribution in [2.75, 3.05) is 46.5 Å². The van der Waals surface area contributed by atoms with Crippen molar-refractivity contribution in [2.24, 2.45) is 10.9 Å². The summed E-state index contributed by atoms with van der Waals surface area (Å²) in [6.07, 6.45) is 1.95. The third-order valence-electron chi connectivity index (χ3n) is 4.23. The van der Waals surface area contributed by atoms with Crippen LogP contribution in [0.15, 0.2) is 29.3 Å². The first-order valence-electron chi connectivity index (χ1n) is 9.53. The number of nitrogens with zero attached hydrogens (tertiary/aromatic N) is 2. The summed E-state index contributed by atoms with van der Waals surface area (Å²) in [6, 6.07) is 8.04. The molecule has 6 heteroatoms. The Labute approximate surface area is 157 Å². The zero-order chi connectivity index (χ0) is 18.8. The number of guanidine groups is 1. The van der Waals surface area contributed by atoms with Gasteiger partial charge in [0.1, 0.15) is 12.4 Å². The lowest BCUT2D eigenvalue weighted by atomic mass is 10.2. The molecule has 26 heavy (non-hydrogen) atoms. The van der Waals surface area contributed by atoms with Crippen LogP contribution in [0.5, 0.6) is 5.75 Å². The molecule has 1 fully saturated rings. The molecule has 1 aromatic carbocycles. The van der Waals surface area contributed by atoms with Crippen LogP contribution in [0.2, 0.25) is 0 Å². The van der Waals surface area contributed by atoms with E-state index in [-0.39, 0.29) is 0 Å². The van der Waals surface area contributed by atoms with Gasteiger partial charge in [0.15, 0.2) is 5.96 Å². The van der Waals surface area contributed by atoms with Crippen molar-refractivity contribution in [3.05, 3.63) is 29.8 Å². The van der Waals surface area contributed by atoms with Crippen molar-refractivity contribution >= 4 is 5.96 Å². The fourth-order valence-corrected chi connectivity index (χ4v) is 2.41. The Bertz CT molecular complexity index is 544. The second-order valence-corrected chi connectivity index (χ2v) is 6.91. The molecule has 6 nitrogen and oxygen atoms in total. The number of nitrogens with one attached hydrogen (secondary N) is 1. The predicted molar refractivity (Wildman–Crippen MR) is 105 cm³/mol. The summed E-state index contributed by atoms with van der Waals surface area (Å²) in [5.41, 5.74) is 1.22. The molecule has 1 aromatic rings. The van der Waals surface area contributed by atoms with Crippen LogP contribution >= 0.6 is 0 Å². The largest absolute Gasteiger partial charge is 0.492 e. The molecule has 1 aliphatic rings. The molecule has 0 aromatic heterocycles. The van der Waals surface area contributed by atoms with Crippen LogP contribution in [-0.4, -0.2) is 68.6 Å². The van der Waals surface area contributed by atoms with Gasteiger partial charge >= 0.3 is 0 Å². The summed E-state index contributed by atoms with van der Waals surface area (Å²) in [5, 5.41) is 13.3. The lowest BCUT2D eigenvalue weighted by Gasteiger charge is -2.22. The summed E-state index contributed by atoms with van der Waals surface area (Å²) in [6.45, 7) is 7.57. The highest BCUT2D eigenvalue weighted by Gasteiger charge is 2.21. The maximum Gasteiger partial charge on any atom is 0.193 e. The van der Waals surface area contributed by atoms with Crippen LogP contribution in [0, 0.1) is 12.8 Å². The van der Waals surface area contributed by atoms with E-state index in [1.807, 2.05) is 43.1 Å². The summed E-state index contributed by atoms with van der Waals surface area (Å²) in [4.78, 5) is 6.52. The topological polar surface area (TPSA) is 66.3 Å². The molecule has 0 spiro atoms. The first-order chi connectivity index (χ1) is 12.6. The van der Waals surface area contributed by atoms with Gasteiger partial charge in [0.05, 0.1) is 25.8 Å². The normalized spacial score (nSPS) is 15.6. The number of ether oxygens (including phenoxy) is 2. The maximum atomic E-state index is 10.0. The molecule has 1 aliphatic carbocycles. The van der Waals surface area contributed by atoms with E-state index in [1.54, 1.807) is 0 Å². The van der Waals surface area contributed by atoms with E-state index < -0.39 is 6.10 Å². The number of rotatable bonds is 11. The van der Waals surface area contributed by atoms with Gasteiger partial charge in [-0.2, -0.15) is 0 Å². The third-order valence-corrected chi connectivity index (χ3v) is 4.23. The molecule has 2 rings (SSSR count). The highest BCUT2D eigenvalue weighted by molar-refractivity contribution is 5.79. The molecule has 0 amide bonds. The fourth-order valence-electron chi connectivity index (χ4n) is 2.41. The standard InChI is InChI=1S/C20H33N3O3/c1-4-21-20(22-13-18(24)15-25-14-17-7-8-17)23(3)11-12-26-19-9-5-16(2)6-10-19/h5-6,9-10,17-18,24H,4,7-8,11-15H2,1-3H3,(H,21,22). The molecule has 1 saturated carbocycles. The van der Waals surface area contributed by atoms with Crippen molar-refractivity contribution < 1.29 is 14.6 Å². The average Bonchev–Trinajstić information content (AvgIpc) is 3.44. The van der Waals surface area contributed by atoms with Crippen molar-refractivity contribution in [1.29, 1.82) is 0 Å². The number of aryl methyl sites for hydroxylation is 1. The Morgan fingerprint density at radius 3 is 2.73 bits per heavy atom.